The lowest BCUT2D eigenvalue weighted by Crippen LogP contribution is -2.21. The maximum Gasteiger partial charge on any atom is 0.416 e. The van der Waals surface area contributed by atoms with Crippen molar-refractivity contribution in [1.29, 1.82) is 0 Å². The number of aliphatic hydroxyl groups excluding tert-OH is 1. The molecule has 3 aromatic rings. The normalized spacial score (nSPS) is 11.6. The Morgan fingerprint density at radius 2 is 1.86 bits per heavy atom. The standard InChI is InChI=1S/C20H17F3N2O4/c21-20(22,23)13-4-5-17(27)12(10-13)11-18(28)24-16-3-1-2-15-14(16)6-7-25(8-9-26)19(15)29/h1-7,10,26-27H,8-9,11H2,(H,24,28). The van der Waals surface area contributed by atoms with Crippen LogP contribution in [0, 0.1) is 0 Å². The molecule has 29 heavy (non-hydrogen) atoms. The number of fused-ring (bicyclic) bond motifs is 1. The number of carbonyl (C=O) groups excluding carboxylic acids is 1. The molecule has 1 aromatic heterocycles. The van der Waals surface area contributed by atoms with Crippen LogP contribution in [0.2, 0.25) is 0 Å². The van der Waals surface area contributed by atoms with Crippen molar-refractivity contribution in [2.45, 2.75) is 19.1 Å². The van der Waals surface area contributed by atoms with Gasteiger partial charge in [0.05, 0.1) is 18.6 Å². The molecule has 0 aliphatic heterocycles. The number of phenols is 1. The molecule has 152 valence electrons. The number of anilines is 1. The summed E-state index contributed by atoms with van der Waals surface area (Å²) in [6.07, 6.45) is -3.59. The number of aromatic nitrogens is 1. The minimum absolute atomic E-state index is 0.125. The van der Waals surface area contributed by atoms with E-state index in [1.54, 1.807) is 24.3 Å². The van der Waals surface area contributed by atoms with Gasteiger partial charge in [0.1, 0.15) is 5.75 Å². The van der Waals surface area contributed by atoms with Gasteiger partial charge >= 0.3 is 6.18 Å². The molecule has 6 nitrogen and oxygen atoms in total. The zero-order chi connectivity index (χ0) is 21.2. The third kappa shape index (κ3) is 4.40. The van der Waals surface area contributed by atoms with E-state index in [9.17, 15) is 27.9 Å². The smallest absolute Gasteiger partial charge is 0.416 e. The molecule has 1 amide bonds. The Hall–Kier alpha value is -3.33. The van der Waals surface area contributed by atoms with E-state index < -0.39 is 29.8 Å². The van der Waals surface area contributed by atoms with Crippen molar-refractivity contribution in [2.24, 2.45) is 0 Å². The van der Waals surface area contributed by atoms with Crippen molar-refractivity contribution < 1.29 is 28.2 Å². The zero-order valence-electron chi connectivity index (χ0n) is 15.0. The molecule has 0 bridgehead atoms. The molecule has 3 N–H and O–H groups in total. The summed E-state index contributed by atoms with van der Waals surface area (Å²) in [5.74, 6) is -1.07. The monoisotopic (exact) mass is 406 g/mol. The number of nitrogens with zero attached hydrogens (tertiary/aromatic N) is 1. The first-order valence-electron chi connectivity index (χ1n) is 8.62. The minimum atomic E-state index is -4.59. The quantitative estimate of drug-likeness (QED) is 0.608. The van der Waals surface area contributed by atoms with Crippen LogP contribution in [-0.2, 0) is 23.9 Å². The molecule has 3 rings (SSSR count). The zero-order valence-corrected chi connectivity index (χ0v) is 15.0. The third-order valence-corrected chi connectivity index (χ3v) is 4.39. The van der Waals surface area contributed by atoms with Gasteiger partial charge in [0.2, 0.25) is 5.91 Å². The van der Waals surface area contributed by atoms with Gasteiger partial charge < -0.3 is 20.1 Å². The number of phenolic OH excluding ortho intramolecular Hbond substituents is 1. The number of carbonyl (C=O) groups is 1. The first-order valence-corrected chi connectivity index (χ1v) is 8.62. The van der Waals surface area contributed by atoms with Crippen molar-refractivity contribution in [3.63, 3.8) is 0 Å². The molecule has 0 aliphatic rings. The topological polar surface area (TPSA) is 91.6 Å². The van der Waals surface area contributed by atoms with Gasteiger partial charge in [-0.05, 0) is 36.4 Å². The second-order valence-corrected chi connectivity index (χ2v) is 6.37. The number of benzene rings is 2. The molecule has 0 radical (unpaired) electrons. The van der Waals surface area contributed by atoms with Crippen molar-refractivity contribution in [3.05, 3.63) is 70.1 Å². The van der Waals surface area contributed by atoms with Crippen molar-refractivity contribution in [3.8, 4) is 5.75 Å². The summed E-state index contributed by atoms with van der Waals surface area (Å²) < 4.78 is 39.9. The summed E-state index contributed by atoms with van der Waals surface area (Å²) in [6, 6.07) is 8.65. The fraction of sp³-hybridized carbons (Fsp3) is 0.200. The van der Waals surface area contributed by atoms with Crippen LogP contribution in [0.3, 0.4) is 0 Å². The molecular weight excluding hydrogens is 389 g/mol. The van der Waals surface area contributed by atoms with E-state index in [2.05, 4.69) is 5.32 Å². The van der Waals surface area contributed by atoms with Crippen LogP contribution in [-0.4, -0.2) is 27.3 Å². The predicted molar refractivity (Wildman–Crippen MR) is 101 cm³/mol. The Labute approximate surface area is 162 Å². The summed E-state index contributed by atoms with van der Waals surface area (Å²) in [5, 5.41) is 22.1. The molecule has 0 atom stereocenters. The van der Waals surface area contributed by atoms with Crippen molar-refractivity contribution in [1.82, 2.24) is 4.57 Å². The Morgan fingerprint density at radius 1 is 1.10 bits per heavy atom. The van der Waals surface area contributed by atoms with E-state index in [0.717, 1.165) is 18.2 Å². The fourth-order valence-electron chi connectivity index (χ4n) is 2.98. The number of halogens is 3. The van der Waals surface area contributed by atoms with Gasteiger partial charge in [-0.15, -0.1) is 0 Å². The van der Waals surface area contributed by atoms with E-state index in [4.69, 9.17) is 5.11 Å². The van der Waals surface area contributed by atoms with Gasteiger partial charge in [0.25, 0.3) is 5.56 Å². The minimum Gasteiger partial charge on any atom is -0.508 e. The largest absolute Gasteiger partial charge is 0.508 e. The average Bonchev–Trinajstić information content (AvgIpc) is 2.65. The molecule has 1 heterocycles. The molecule has 2 aromatic carbocycles. The molecule has 0 saturated carbocycles. The van der Waals surface area contributed by atoms with E-state index >= 15 is 0 Å². The number of nitrogens with one attached hydrogen (secondary N) is 1. The fourth-order valence-corrected chi connectivity index (χ4v) is 2.98. The van der Waals surface area contributed by atoms with Gasteiger partial charge in [-0.3, -0.25) is 9.59 Å². The number of aromatic hydroxyl groups is 1. The number of pyridine rings is 1. The van der Waals surface area contributed by atoms with Crippen molar-refractivity contribution >= 4 is 22.4 Å². The Balaban J connectivity index is 1.88. The number of rotatable bonds is 5. The lowest BCUT2D eigenvalue weighted by atomic mass is 10.1. The van der Waals surface area contributed by atoms with E-state index in [1.807, 2.05) is 0 Å². The molecular formula is C20H17F3N2O4. The maximum absolute atomic E-state index is 12.9. The van der Waals surface area contributed by atoms with Crippen LogP contribution in [0.25, 0.3) is 10.8 Å². The van der Waals surface area contributed by atoms with E-state index in [-0.39, 0.29) is 24.3 Å². The van der Waals surface area contributed by atoms with Gasteiger partial charge in [-0.1, -0.05) is 6.07 Å². The summed E-state index contributed by atoms with van der Waals surface area (Å²) in [4.78, 5) is 24.8. The van der Waals surface area contributed by atoms with Crippen LogP contribution < -0.4 is 10.9 Å². The third-order valence-electron chi connectivity index (χ3n) is 4.39. The lowest BCUT2D eigenvalue weighted by Gasteiger charge is -2.12. The number of hydrogen-bond donors (Lipinski definition) is 3. The second kappa shape index (κ2) is 7.96. The molecule has 0 fully saturated rings. The average molecular weight is 406 g/mol. The van der Waals surface area contributed by atoms with Gasteiger partial charge in [0, 0.05) is 34.8 Å². The van der Waals surface area contributed by atoms with Gasteiger partial charge in [0.15, 0.2) is 0 Å². The molecule has 0 spiro atoms. The van der Waals surface area contributed by atoms with Crippen LogP contribution in [0.5, 0.6) is 5.75 Å². The Bertz CT molecular complexity index is 1120. The van der Waals surface area contributed by atoms with Crippen LogP contribution >= 0.6 is 0 Å². The SMILES string of the molecule is O=C(Cc1cc(C(F)(F)F)ccc1O)Nc1cccc2c(=O)n(CCO)ccc12. The highest BCUT2D eigenvalue weighted by Gasteiger charge is 2.31. The van der Waals surface area contributed by atoms with Crippen LogP contribution in [0.4, 0.5) is 18.9 Å². The van der Waals surface area contributed by atoms with Crippen LogP contribution in [0.1, 0.15) is 11.1 Å². The number of amides is 1. The first kappa shape index (κ1) is 20.4. The highest BCUT2D eigenvalue weighted by atomic mass is 19.4. The highest BCUT2D eigenvalue weighted by molar-refractivity contribution is 6.02. The summed E-state index contributed by atoms with van der Waals surface area (Å²) in [7, 11) is 0. The lowest BCUT2D eigenvalue weighted by molar-refractivity contribution is -0.137. The van der Waals surface area contributed by atoms with Crippen molar-refractivity contribution in [2.75, 3.05) is 11.9 Å². The predicted octanol–water partition coefficient (Wildman–Crippen LogP) is 2.90. The van der Waals surface area contributed by atoms with E-state index in [1.165, 1.54) is 10.8 Å². The summed E-state index contributed by atoms with van der Waals surface area (Å²) in [6.45, 7) is -0.0808. The first-order chi connectivity index (χ1) is 13.7. The summed E-state index contributed by atoms with van der Waals surface area (Å²) in [5.41, 5.74) is -1.16. The number of hydrogen-bond acceptors (Lipinski definition) is 4. The van der Waals surface area contributed by atoms with Crippen LogP contribution in [0.15, 0.2) is 53.5 Å². The summed E-state index contributed by atoms with van der Waals surface area (Å²) >= 11 is 0. The number of alkyl halides is 3. The number of aliphatic hydroxyl groups is 1. The van der Waals surface area contributed by atoms with Gasteiger partial charge in [-0.2, -0.15) is 13.2 Å². The molecule has 0 unspecified atom stereocenters. The maximum atomic E-state index is 12.9. The van der Waals surface area contributed by atoms with E-state index in [0.29, 0.717) is 16.5 Å². The molecule has 0 saturated heterocycles. The Kier molecular flexibility index (Phi) is 5.60. The highest BCUT2D eigenvalue weighted by Crippen LogP contribution is 2.32. The molecule has 9 heteroatoms. The van der Waals surface area contributed by atoms with Gasteiger partial charge in [-0.25, -0.2) is 0 Å². The molecule has 0 aliphatic carbocycles. The second-order valence-electron chi connectivity index (χ2n) is 6.37. The Morgan fingerprint density at radius 3 is 2.55 bits per heavy atom.